The first kappa shape index (κ1) is 18.6. The number of hydrogen-bond donors (Lipinski definition) is 0. The molecule has 3 heterocycles. The van der Waals surface area contributed by atoms with Crippen LogP contribution in [0.25, 0.3) is 11.1 Å². The number of halogens is 1. The lowest BCUT2D eigenvalue weighted by molar-refractivity contribution is -0.389. The van der Waals surface area contributed by atoms with E-state index < -0.39 is 4.92 Å². The largest absolute Gasteiger partial charge is 0.443 e. The molecular weight excluding hydrogens is 379 g/mol. The van der Waals surface area contributed by atoms with E-state index in [0.717, 1.165) is 11.1 Å². The van der Waals surface area contributed by atoms with E-state index in [1.807, 2.05) is 6.07 Å². The normalized spacial score (nSPS) is 15.0. The van der Waals surface area contributed by atoms with Crippen molar-refractivity contribution in [3.05, 3.63) is 70.4 Å². The highest BCUT2D eigenvalue weighted by Gasteiger charge is 2.27. The number of hydrogen-bond acceptors (Lipinski definition) is 6. The highest BCUT2D eigenvalue weighted by atomic mass is 19.1. The third-order valence-electron chi connectivity index (χ3n) is 4.26. The quantitative estimate of drug-likeness (QED) is 0.384. The van der Waals surface area contributed by atoms with Crippen LogP contribution >= 0.6 is 0 Å². The van der Waals surface area contributed by atoms with Crippen molar-refractivity contribution in [2.45, 2.75) is 12.6 Å². The molecule has 1 aliphatic heterocycles. The smallest absolute Gasteiger partial charge is 0.414 e. The Morgan fingerprint density at radius 3 is 2.79 bits per heavy atom. The summed E-state index contributed by atoms with van der Waals surface area (Å²) in [5.74, 6) is 5.27. The molecule has 0 amide bonds. The van der Waals surface area contributed by atoms with Gasteiger partial charge in [0.25, 0.3) is 0 Å². The molecule has 29 heavy (non-hydrogen) atoms. The number of rotatable bonds is 4. The summed E-state index contributed by atoms with van der Waals surface area (Å²) in [7, 11) is 0. The van der Waals surface area contributed by atoms with E-state index in [1.54, 1.807) is 29.0 Å². The second kappa shape index (κ2) is 8.08. The SMILES string of the molecule is O=[N+]([O-])c1cn2c(n1)OC[C@@H](OCC#Cc1ccc(-c3ccc(F)cc3)cn1)C2. The van der Waals surface area contributed by atoms with E-state index >= 15 is 0 Å². The van der Waals surface area contributed by atoms with Crippen LogP contribution < -0.4 is 4.74 Å². The number of pyridine rings is 1. The molecule has 9 heteroatoms. The summed E-state index contributed by atoms with van der Waals surface area (Å²) in [6.07, 6.45) is 2.73. The van der Waals surface area contributed by atoms with Gasteiger partial charge in [-0.15, -0.1) is 0 Å². The van der Waals surface area contributed by atoms with Crippen molar-refractivity contribution in [2.24, 2.45) is 0 Å². The summed E-state index contributed by atoms with van der Waals surface area (Å²) in [5, 5.41) is 10.8. The van der Waals surface area contributed by atoms with E-state index in [4.69, 9.17) is 9.47 Å². The van der Waals surface area contributed by atoms with Gasteiger partial charge < -0.3 is 19.6 Å². The first-order valence-electron chi connectivity index (χ1n) is 8.75. The molecule has 0 aliphatic carbocycles. The van der Waals surface area contributed by atoms with E-state index in [1.165, 1.54) is 18.3 Å². The first-order valence-corrected chi connectivity index (χ1v) is 8.75. The topological polar surface area (TPSA) is 92.3 Å². The van der Waals surface area contributed by atoms with Gasteiger partial charge >= 0.3 is 11.8 Å². The van der Waals surface area contributed by atoms with Crippen LogP contribution in [0.4, 0.5) is 10.2 Å². The van der Waals surface area contributed by atoms with Gasteiger partial charge in [0.15, 0.2) is 0 Å². The fourth-order valence-corrected chi connectivity index (χ4v) is 2.83. The second-order valence-electron chi connectivity index (χ2n) is 6.28. The zero-order chi connectivity index (χ0) is 20.2. The van der Waals surface area contributed by atoms with E-state index in [0.29, 0.717) is 12.2 Å². The molecule has 0 fully saturated rings. The molecule has 8 nitrogen and oxygen atoms in total. The maximum atomic E-state index is 13.0. The van der Waals surface area contributed by atoms with Crippen molar-refractivity contribution < 1.29 is 18.8 Å². The Labute approximate surface area is 165 Å². The van der Waals surface area contributed by atoms with E-state index in [2.05, 4.69) is 21.8 Å². The summed E-state index contributed by atoms with van der Waals surface area (Å²) in [6, 6.07) is 10.1. The average molecular weight is 394 g/mol. The van der Waals surface area contributed by atoms with Gasteiger partial charge in [0, 0.05) is 16.7 Å². The summed E-state index contributed by atoms with van der Waals surface area (Å²) in [5.41, 5.74) is 2.33. The summed E-state index contributed by atoms with van der Waals surface area (Å²) in [6.45, 7) is 0.824. The van der Waals surface area contributed by atoms with Crippen molar-refractivity contribution >= 4 is 5.82 Å². The Hall–Kier alpha value is -3.77. The highest BCUT2D eigenvalue weighted by Crippen LogP contribution is 2.22. The lowest BCUT2D eigenvalue weighted by Gasteiger charge is -2.21. The minimum Gasteiger partial charge on any atom is -0.443 e. The number of nitro groups is 1. The number of aromatic nitrogens is 3. The Bertz CT molecular complexity index is 1080. The molecule has 3 aromatic rings. The minimum absolute atomic E-state index is 0.168. The molecule has 1 atom stereocenters. The molecule has 1 aliphatic rings. The third kappa shape index (κ3) is 4.39. The van der Waals surface area contributed by atoms with Crippen LogP contribution in [0.3, 0.4) is 0 Å². The van der Waals surface area contributed by atoms with Crippen molar-refractivity contribution in [2.75, 3.05) is 13.2 Å². The van der Waals surface area contributed by atoms with Crippen LogP contribution in [-0.2, 0) is 11.3 Å². The second-order valence-corrected chi connectivity index (χ2v) is 6.28. The predicted octanol–water partition coefficient (Wildman–Crippen LogP) is 2.82. The van der Waals surface area contributed by atoms with Crippen molar-refractivity contribution in [3.63, 3.8) is 0 Å². The van der Waals surface area contributed by atoms with Crippen LogP contribution in [0.1, 0.15) is 5.69 Å². The highest BCUT2D eigenvalue weighted by molar-refractivity contribution is 5.62. The molecule has 4 rings (SSSR count). The van der Waals surface area contributed by atoms with Gasteiger partial charge in [-0.2, -0.15) is 0 Å². The van der Waals surface area contributed by atoms with Gasteiger partial charge in [-0.1, -0.05) is 24.1 Å². The number of imidazole rings is 1. The maximum Gasteiger partial charge on any atom is 0.414 e. The average Bonchev–Trinajstić information content (AvgIpc) is 3.16. The van der Waals surface area contributed by atoms with Crippen molar-refractivity contribution in [3.8, 4) is 29.0 Å². The van der Waals surface area contributed by atoms with Crippen LogP contribution in [-0.4, -0.2) is 38.8 Å². The van der Waals surface area contributed by atoms with Gasteiger partial charge in [-0.3, -0.25) is 4.57 Å². The van der Waals surface area contributed by atoms with Crippen LogP contribution in [0.15, 0.2) is 48.8 Å². The van der Waals surface area contributed by atoms with Crippen LogP contribution in [0, 0.1) is 27.8 Å². The molecule has 0 saturated heterocycles. The molecule has 0 radical (unpaired) electrons. The molecular formula is C20H15FN4O4. The van der Waals surface area contributed by atoms with Gasteiger partial charge in [-0.05, 0) is 34.6 Å². The summed E-state index contributed by atoms with van der Waals surface area (Å²) >= 11 is 0. The molecule has 0 unspecified atom stereocenters. The molecule has 0 bridgehead atoms. The zero-order valence-electron chi connectivity index (χ0n) is 15.1. The fraction of sp³-hybridized carbons (Fsp3) is 0.200. The molecule has 0 N–H and O–H groups in total. The monoisotopic (exact) mass is 394 g/mol. The third-order valence-corrected chi connectivity index (χ3v) is 4.26. The Kier molecular flexibility index (Phi) is 5.18. The van der Waals surface area contributed by atoms with Crippen LogP contribution in [0.2, 0.25) is 0 Å². The lowest BCUT2D eigenvalue weighted by atomic mass is 10.1. The Morgan fingerprint density at radius 2 is 2.07 bits per heavy atom. The number of nitrogens with zero attached hydrogens (tertiary/aromatic N) is 4. The summed E-state index contributed by atoms with van der Waals surface area (Å²) < 4.78 is 25.6. The molecule has 2 aromatic heterocycles. The van der Waals surface area contributed by atoms with Gasteiger partial charge in [-0.25, -0.2) is 9.37 Å². The van der Waals surface area contributed by atoms with Gasteiger partial charge in [0.1, 0.15) is 37.0 Å². The first-order chi connectivity index (χ1) is 14.1. The standard InChI is InChI=1S/C20H15FN4O4/c21-16-6-3-14(4-7-16)15-5-8-17(22-10-15)2-1-9-28-18-11-24-12-19(25(26)27)23-20(24)29-13-18/h3-8,10,12,18H,9,11,13H2/t18-/m0/s1. The van der Waals surface area contributed by atoms with Gasteiger partial charge in [0.05, 0.1) is 6.54 Å². The Morgan fingerprint density at radius 1 is 1.28 bits per heavy atom. The molecule has 1 aromatic carbocycles. The van der Waals surface area contributed by atoms with E-state index in [-0.39, 0.29) is 37.0 Å². The molecule has 0 saturated carbocycles. The van der Waals surface area contributed by atoms with Crippen molar-refractivity contribution in [1.82, 2.24) is 14.5 Å². The van der Waals surface area contributed by atoms with Crippen molar-refractivity contribution in [1.29, 1.82) is 0 Å². The number of benzene rings is 1. The Balaban J connectivity index is 1.31. The number of fused-ring (bicyclic) bond motifs is 1. The van der Waals surface area contributed by atoms with Gasteiger partial charge in [0.2, 0.25) is 0 Å². The minimum atomic E-state index is -0.565. The number of ether oxygens (including phenoxy) is 2. The molecule has 0 spiro atoms. The predicted molar refractivity (Wildman–Crippen MR) is 101 cm³/mol. The molecule has 146 valence electrons. The maximum absolute atomic E-state index is 13.0. The van der Waals surface area contributed by atoms with Crippen LogP contribution in [0.5, 0.6) is 6.01 Å². The zero-order valence-corrected chi connectivity index (χ0v) is 15.1. The van der Waals surface area contributed by atoms with E-state index in [9.17, 15) is 14.5 Å². The fourth-order valence-electron chi connectivity index (χ4n) is 2.83. The summed E-state index contributed by atoms with van der Waals surface area (Å²) in [4.78, 5) is 18.3. The lowest BCUT2D eigenvalue weighted by Crippen LogP contribution is -2.32.